The first-order valence-electron chi connectivity index (χ1n) is 6.86. The maximum atomic E-state index is 12.9. The molecule has 0 amide bonds. The fourth-order valence-corrected chi connectivity index (χ4v) is 3.07. The van der Waals surface area contributed by atoms with Crippen LogP contribution in [0.25, 0.3) is 0 Å². The molecule has 0 radical (unpaired) electrons. The minimum atomic E-state index is -0.217. The van der Waals surface area contributed by atoms with Crippen LogP contribution < -0.4 is 5.73 Å². The molecule has 1 saturated carbocycles. The third-order valence-electron chi connectivity index (χ3n) is 4.53. The number of halogens is 1. The largest absolute Gasteiger partial charge is 0.376 e. The Morgan fingerprint density at radius 3 is 2.50 bits per heavy atom. The first kappa shape index (κ1) is 12.1. The highest BCUT2D eigenvalue weighted by Gasteiger charge is 2.37. The summed E-state index contributed by atoms with van der Waals surface area (Å²) >= 11 is 0. The number of nitrogens with two attached hydrogens (primary N) is 1. The van der Waals surface area contributed by atoms with Crippen LogP contribution in [0.5, 0.6) is 0 Å². The van der Waals surface area contributed by atoms with Crippen molar-refractivity contribution in [3.63, 3.8) is 0 Å². The van der Waals surface area contributed by atoms with Gasteiger partial charge in [0.2, 0.25) is 0 Å². The van der Waals surface area contributed by atoms with Crippen LogP contribution in [0, 0.1) is 17.7 Å². The van der Waals surface area contributed by atoms with Gasteiger partial charge in [0.1, 0.15) is 5.82 Å². The zero-order valence-electron chi connectivity index (χ0n) is 10.5. The molecule has 0 spiro atoms. The minimum Gasteiger partial charge on any atom is -0.376 e. The Balaban J connectivity index is 1.62. The van der Waals surface area contributed by atoms with Crippen molar-refractivity contribution < 1.29 is 9.13 Å². The van der Waals surface area contributed by atoms with Crippen LogP contribution in [-0.2, 0) is 4.74 Å². The van der Waals surface area contributed by atoms with Crippen molar-refractivity contribution in [3.05, 3.63) is 35.6 Å². The lowest BCUT2D eigenvalue weighted by atomic mass is 9.74. The molecule has 3 rings (SSSR count). The maximum absolute atomic E-state index is 12.9. The summed E-state index contributed by atoms with van der Waals surface area (Å²) in [7, 11) is 0. The molecule has 2 fully saturated rings. The predicted molar refractivity (Wildman–Crippen MR) is 68.5 cm³/mol. The molecule has 2 aliphatic rings. The van der Waals surface area contributed by atoms with Crippen LogP contribution in [0.15, 0.2) is 24.3 Å². The zero-order chi connectivity index (χ0) is 12.5. The molecule has 3 heteroatoms. The smallest absolute Gasteiger partial charge is 0.123 e. The predicted octanol–water partition coefficient (Wildman–Crippen LogP) is 3.03. The molecule has 1 aliphatic heterocycles. The van der Waals surface area contributed by atoms with Crippen LogP contribution in [0.4, 0.5) is 4.39 Å². The molecular formula is C15H20FNO. The highest BCUT2D eigenvalue weighted by molar-refractivity contribution is 5.21. The Morgan fingerprint density at radius 2 is 1.89 bits per heavy atom. The van der Waals surface area contributed by atoms with Crippen LogP contribution >= 0.6 is 0 Å². The summed E-state index contributed by atoms with van der Waals surface area (Å²) < 4.78 is 18.7. The fraction of sp³-hybridized carbons (Fsp3) is 0.600. The molecule has 2 nitrogen and oxygen atoms in total. The lowest BCUT2D eigenvalue weighted by Gasteiger charge is -2.30. The highest BCUT2D eigenvalue weighted by Crippen LogP contribution is 2.41. The lowest BCUT2D eigenvalue weighted by molar-refractivity contribution is 0.0797. The Kier molecular flexibility index (Phi) is 3.35. The van der Waals surface area contributed by atoms with E-state index in [0.717, 1.165) is 24.5 Å². The topological polar surface area (TPSA) is 35.2 Å². The van der Waals surface area contributed by atoms with Crippen molar-refractivity contribution in [2.24, 2.45) is 17.6 Å². The normalized spacial score (nSPS) is 30.1. The third-order valence-corrected chi connectivity index (χ3v) is 4.53. The summed E-state index contributed by atoms with van der Waals surface area (Å²) in [6.45, 7) is 0.851. The first-order chi connectivity index (χ1) is 8.74. The second-order valence-electron chi connectivity index (χ2n) is 5.64. The van der Waals surface area contributed by atoms with Gasteiger partial charge in [-0.1, -0.05) is 31.4 Å². The summed E-state index contributed by atoms with van der Waals surface area (Å²) in [4.78, 5) is 0. The molecule has 0 aromatic heterocycles. The van der Waals surface area contributed by atoms with E-state index in [1.165, 1.54) is 31.4 Å². The molecule has 3 atom stereocenters. The van der Waals surface area contributed by atoms with Gasteiger partial charge in [-0.3, -0.25) is 0 Å². The highest BCUT2D eigenvalue weighted by atomic mass is 19.1. The third kappa shape index (κ3) is 2.29. The van der Waals surface area contributed by atoms with E-state index >= 15 is 0 Å². The second kappa shape index (κ2) is 4.98. The van der Waals surface area contributed by atoms with E-state index in [-0.39, 0.29) is 18.0 Å². The van der Waals surface area contributed by atoms with Gasteiger partial charge in [-0.05, 0) is 36.0 Å². The maximum Gasteiger partial charge on any atom is 0.123 e. The molecule has 98 valence electrons. The molecule has 1 saturated heterocycles. The van der Waals surface area contributed by atoms with Crippen molar-refractivity contribution in [3.8, 4) is 0 Å². The summed E-state index contributed by atoms with van der Waals surface area (Å²) in [6.07, 6.45) is 5.24. The van der Waals surface area contributed by atoms with E-state index in [1.807, 2.05) is 0 Å². The SMILES string of the molecule is N[C@@H](c1ccc(F)cc1)C1CC(C2CCC2)CO1. The number of benzene rings is 1. The Hall–Kier alpha value is -0.930. The molecule has 1 aromatic rings. The van der Waals surface area contributed by atoms with Gasteiger partial charge in [-0.2, -0.15) is 0 Å². The average molecular weight is 249 g/mol. The van der Waals surface area contributed by atoms with E-state index in [2.05, 4.69) is 0 Å². The molecule has 0 bridgehead atoms. The number of hydrogen-bond donors (Lipinski definition) is 1. The number of rotatable bonds is 3. The molecule has 1 heterocycles. The van der Waals surface area contributed by atoms with Crippen LogP contribution in [-0.4, -0.2) is 12.7 Å². The Morgan fingerprint density at radius 1 is 1.17 bits per heavy atom. The Bertz CT molecular complexity index is 401. The van der Waals surface area contributed by atoms with Crippen molar-refractivity contribution in [1.82, 2.24) is 0 Å². The van der Waals surface area contributed by atoms with Gasteiger partial charge in [0.15, 0.2) is 0 Å². The molecular weight excluding hydrogens is 229 g/mol. The van der Waals surface area contributed by atoms with Crippen molar-refractivity contribution >= 4 is 0 Å². The van der Waals surface area contributed by atoms with Crippen LogP contribution in [0.3, 0.4) is 0 Å². The molecule has 2 unspecified atom stereocenters. The molecule has 18 heavy (non-hydrogen) atoms. The molecule has 1 aromatic carbocycles. The van der Waals surface area contributed by atoms with Crippen LogP contribution in [0.1, 0.15) is 37.3 Å². The van der Waals surface area contributed by atoms with Gasteiger partial charge >= 0.3 is 0 Å². The van der Waals surface area contributed by atoms with Gasteiger partial charge in [0.05, 0.1) is 18.8 Å². The van der Waals surface area contributed by atoms with Crippen molar-refractivity contribution in [2.75, 3.05) is 6.61 Å². The zero-order valence-corrected chi connectivity index (χ0v) is 10.5. The van der Waals surface area contributed by atoms with E-state index in [1.54, 1.807) is 12.1 Å². The van der Waals surface area contributed by atoms with Gasteiger partial charge < -0.3 is 10.5 Å². The van der Waals surface area contributed by atoms with Gasteiger partial charge in [0.25, 0.3) is 0 Å². The second-order valence-corrected chi connectivity index (χ2v) is 5.64. The van der Waals surface area contributed by atoms with Gasteiger partial charge in [-0.15, -0.1) is 0 Å². The summed E-state index contributed by atoms with van der Waals surface area (Å²) in [5.41, 5.74) is 7.19. The fourth-order valence-electron chi connectivity index (χ4n) is 3.07. The van der Waals surface area contributed by atoms with Crippen molar-refractivity contribution in [2.45, 2.75) is 37.8 Å². The minimum absolute atomic E-state index is 0.0982. The first-order valence-corrected chi connectivity index (χ1v) is 6.86. The van der Waals surface area contributed by atoms with E-state index in [0.29, 0.717) is 5.92 Å². The average Bonchev–Trinajstić information content (AvgIpc) is 2.76. The Labute approximate surface area is 107 Å². The van der Waals surface area contributed by atoms with Crippen molar-refractivity contribution in [1.29, 1.82) is 0 Å². The lowest BCUT2D eigenvalue weighted by Crippen LogP contribution is -2.27. The summed E-state index contributed by atoms with van der Waals surface area (Å²) in [6, 6.07) is 6.33. The quantitative estimate of drug-likeness (QED) is 0.893. The van der Waals surface area contributed by atoms with E-state index in [9.17, 15) is 4.39 Å². The monoisotopic (exact) mass is 249 g/mol. The van der Waals surface area contributed by atoms with E-state index in [4.69, 9.17) is 10.5 Å². The standard InChI is InChI=1S/C15H20FNO/c16-13-6-4-11(5-7-13)15(17)14-8-12(9-18-14)10-2-1-3-10/h4-7,10,12,14-15H,1-3,8-9,17H2/t12?,14?,15-/m0/s1. The molecule has 1 aliphatic carbocycles. The van der Waals surface area contributed by atoms with Gasteiger partial charge in [-0.25, -0.2) is 4.39 Å². The van der Waals surface area contributed by atoms with Crippen LogP contribution in [0.2, 0.25) is 0 Å². The van der Waals surface area contributed by atoms with E-state index < -0.39 is 0 Å². The summed E-state index contributed by atoms with van der Waals surface area (Å²) in [5, 5.41) is 0. The van der Waals surface area contributed by atoms with Gasteiger partial charge in [0, 0.05) is 0 Å². The number of hydrogen-bond acceptors (Lipinski definition) is 2. The summed E-state index contributed by atoms with van der Waals surface area (Å²) in [5.74, 6) is 1.33. The molecule has 2 N–H and O–H groups in total. The number of ether oxygens (including phenoxy) is 1.